The van der Waals surface area contributed by atoms with Crippen LogP contribution in [0.2, 0.25) is 0 Å². The van der Waals surface area contributed by atoms with Crippen molar-refractivity contribution in [2.45, 2.75) is 409 Å². The predicted octanol–water partition coefficient (Wildman–Crippen LogP) is 8.82. The van der Waals surface area contributed by atoms with Gasteiger partial charge >= 0.3 is 65.7 Å². The van der Waals surface area contributed by atoms with Crippen molar-refractivity contribution in [2.24, 2.45) is 100 Å². The number of carbonyl (C=O) groups is 10. The predicted molar refractivity (Wildman–Crippen MR) is 530 cm³/mol. The van der Waals surface area contributed by atoms with Crippen molar-refractivity contribution >= 4 is 68.7 Å². The van der Waals surface area contributed by atoms with Gasteiger partial charge in [0.05, 0.1) is 98.4 Å². The Bertz CT molecular complexity index is 3580. The Balaban J connectivity index is 0.000000992. The van der Waals surface area contributed by atoms with E-state index >= 15 is 0 Å². The van der Waals surface area contributed by atoms with Gasteiger partial charge in [-0.1, -0.05) is 132 Å². The molecule has 3 amide bonds. The minimum Gasteiger partial charge on any atom is -0.512 e. The van der Waals surface area contributed by atoms with E-state index in [0.29, 0.717) is 49.9 Å². The zero-order chi connectivity index (χ0) is 105. The van der Waals surface area contributed by atoms with E-state index in [0.717, 1.165) is 0 Å². The fraction of sp³-hybridized carbons (Fsp3) is 0.893. The van der Waals surface area contributed by atoms with Gasteiger partial charge in [0.25, 0.3) is 0 Å². The average molecular weight is 2220 g/mol. The van der Waals surface area contributed by atoms with Crippen LogP contribution in [0.3, 0.4) is 0 Å². The second-order valence-corrected chi connectivity index (χ2v) is 42.5. The summed E-state index contributed by atoms with van der Waals surface area (Å²) in [6.45, 7) is 61.4. The summed E-state index contributed by atoms with van der Waals surface area (Å²) in [7, 11) is 19.2. The monoisotopic (exact) mass is 2220 g/mol. The number of nitrogens with one attached hydrogen (secondary N) is 4. The number of ketones is 3. The van der Waals surface area contributed by atoms with Gasteiger partial charge in [0.1, 0.15) is 60.8 Å². The molecule has 0 aliphatic carbocycles. The quantitative estimate of drug-likeness (QED) is 0.0417. The summed E-state index contributed by atoms with van der Waals surface area (Å²) in [6.07, 6.45) is -5.58. The summed E-state index contributed by atoms with van der Waals surface area (Å²) in [4.78, 5) is 134. The minimum atomic E-state index is -0.669. The maximum Gasteiger partial charge on any atom is 1.00 e. The van der Waals surface area contributed by atoms with Crippen molar-refractivity contribution in [3.63, 3.8) is 0 Å². The Kier molecular flexibility index (Phi) is 63.6. The number of nitrogens with zero attached hydrogens (tertiary/aromatic N) is 5. The Hall–Kier alpha value is -3.03. The smallest absolute Gasteiger partial charge is 0.512 e. The molecular formula is C103H185BN10NaO25Rn. The van der Waals surface area contributed by atoms with E-state index in [-0.39, 0.29) is 315 Å². The fourth-order valence-corrected chi connectivity index (χ4v) is 23.0. The molecule has 38 heteroatoms. The molecule has 9 fully saturated rings. The van der Waals surface area contributed by atoms with Gasteiger partial charge in [-0.3, -0.25) is 28.8 Å². The number of carbonyl (C=O) groups excluding carboxylic acids is 10. The third-order valence-corrected chi connectivity index (χ3v) is 31.2. The van der Waals surface area contributed by atoms with Crippen LogP contribution in [0.5, 0.6) is 0 Å². The molecule has 0 aromatic carbocycles. The van der Waals surface area contributed by atoms with E-state index in [2.05, 4.69) is 187 Å². The van der Waals surface area contributed by atoms with Crippen LogP contribution in [-0.4, -0.2) is 337 Å². The first-order valence-electron chi connectivity index (χ1n) is 51.1. The summed E-state index contributed by atoms with van der Waals surface area (Å²) in [5.41, 5.74) is 6.45. The van der Waals surface area contributed by atoms with Crippen molar-refractivity contribution in [3.05, 3.63) is 6.57 Å². The number of likely N-dealkylation sites (N-methyl/N-ethyl adjacent to an activating group) is 1. The van der Waals surface area contributed by atoms with E-state index in [1.54, 1.807) is 42.2 Å². The first-order chi connectivity index (χ1) is 64.8. The summed E-state index contributed by atoms with van der Waals surface area (Å²) in [5, 5.41) is 17.9. The van der Waals surface area contributed by atoms with E-state index in [1.807, 2.05) is 62.2 Å². The molecule has 6 N–H and O–H groups in total. The van der Waals surface area contributed by atoms with Crippen LogP contribution in [0.25, 0.3) is 0 Å². The zero-order valence-electron chi connectivity index (χ0n) is 92.5. The Morgan fingerprint density at radius 3 is 0.922 bits per heavy atom. The number of ether oxygens (including phenoxy) is 15. The first kappa shape index (κ1) is 136. The Morgan fingerprint density at radius 2 is 0.638 bits per heavy atom. The Morgan fingerprint density at radius 1 is 0.376 bits per heavy atom. The van der Waals surface area contributed by atoms with Crippen LogP contribution in [0, 0.1) is 178 Å². The maximum atomic E-state index is 13.6. The molecule has 9 heterocycles. The van der Waals surface area contributed by atoms with Gasteiger partial charge in [0, 0.05) is 206 Å². The van der Waals surface area contributed by atoms with E-state index < -0.39 is 129 Å². The summed E-state index contributed by atoms with van der Waals surface area (Å²) < 4.78 is 91.9. The SMILES string of the molecule is C=O.CCN(CC)CC.CN[C@@H]1[C@@H]2C[C@@H](C)OC(=O)C[C@@H](C)[C@H](OC)[C@@H](OC3OC(C)C(C)C(N(C)C)C3C)[C@@H](C)C[C@@H](C)C(=O)C[C@H]1NC(=O)O2.CO[C@@H]1[C@@H](OC2OC(C)C(C)C(N(C)C)C2C)[C@@H](C)C[C@@H](C)C(=O)C[C@H]2NC(=O)O[C@@H](C[C@@H](C)OC(=O)C[C@H]1C)[C@H]2C.CO[C@@H]1[C@@H](OC2OC(C)C(C)C(N(C)C)C2C)[C@@H](C)C[C@@H](C)C(=O)C[C@H]2NC(=O)O[C@@H](C[C@@H](C)OC(=O)C[C@H]1C)[C@H]2N.[B].[C-]#N.[Na+].[Rn]. The number of nitrogens with two attached hydrogens (primary N) is 1. The van der Waals surface area contributed by atoms with Crippen LogP contribution in [0.4, 0.5) is 14.4 Å². The maximum absolute atomic E-state index is 13.6. The van der Waals surface area contributed by atoms with Crippen LogP contribution in [0.1, 0.15) is 250 Å². The van der Waals surface area contributed by atoms with Crippen molar-refractivity contribution in [1.82, 2.24) is 40.9 Å². The number of esters is 3. The molecule has 9 saturated heterocycles. The molecule has 15 unspecified atom stereocenters. The van der Waals surface area contributed by atoms with Gasteiger partial charge in [-0.25, -0.2) is 14.4 Å². The molecule has 0 saturated carbocycles. The molecule has 9 aliphatic heterocycles. The van der Waals surface area contributed by atoms with Gasteiger partial charge in [-0.2, -0.15) is 0 Å². The molecule has 42 atom stereocenters. The van der Waals surface area contributed by atoms with Crippen molar-refractivity contribution < 1.29 is 220 Å². The standard InChI is InChI=1S/C32H57N3O8.C32H56N2O8.C31H55N3O8.C6H15N.CN.CH2O.B.Na.Rn/c1-16-12-17(2)30(43-31-21(6)28(35(9)10)20(5)22(7)41-31)29(39-11)18(3)13-26(37)40-19(4)14-25-27(33-8)23(15-24(16)36)34-32(38)42-25;1-16-12-17(2)30(42-31-22(7)28(34(9)10)20(5)23(8)40-31)29(38-11)18(3)13-27(36)39-19(4)14-26-21(6)24(15-25(16)35)33-32(37)41-26;1-15-11-16(2)29(42-30-20(6)27(34(8)9)19(5)21(7)40-30)28(38-10)17(3)12-25(36)39-18(4)13-24-26(32)22(14-23(15)35)33-31(37)41-24;1-4-7(5-2)6-3;2*1-2;;;/h16-23,25,27-31,33H,12-15H2,1-11H3,(H,34,38);16-24,26,28-31H,12-15H2,1-11H3,(H,33,37);15-22,24,26-30H,11-14,32H2,1-10H3,(H,33,37);4-6H2,1-3H3;;1H2;;;/q;;;;-1;;;+1;/t16-,17+,18-,19-,20?,21?,22?,23-,25+,27+,28?,29+,30+,31?;16-,17+,18-,19-,20?,21+,22?,23?,24-,26+,28?,29+,30+,31?;15-,16+,17-,18-,19?,20?,21?,22-,24+,26+,27?,28+,29+,30?;;;;;;/m111....../s1. The molecule has 809 valence electrons. The average Bonchev–Trinajstić information content (AvgIpc) is 0.823. The molecule has 9 aliphatic rings. The molecule has 0 spiro atoms. The third kappa shape index (κ3) is 39.6. The molecule has 6 bridgehead atoms. The molecule has 141 heavy (non-hydrogen) atoms. The van der Waals surface area contributed by atoms with Crippen molar-refractivity contribution in [3.8, 4) is 0 Å². The third-order valence-electron chi connectivity index (χ3n) is 31.2. The zero-order valence-corrected chi connectivity index (χ0v) is 97.3. The number of amides is 3. The molecule has 0 aromatic rings. The first-order valence-corrected chi connectivity index (χ1v) is 51.1. The van der Waals surface area contributed by atoms with Crippen LogP contribution in [0.15, 0.2) is 0 Å². The molecule has 3 radical (unpaired) electrons. The fourth-order valence-electron chi connectivity index (χ4n) is 23.0. The van der Waals surface area contributed by atoms with E-state index in [1.165, 1.54) is 19.6 Å². The van der Waals surface area contributed by atoms with Crippen LogP contribution in [-0.2, 0) is 105 Å². The summed E-state index contributed by atoms with van der Waals surface area (Å²) >= 11 is 0. The van der Waals surface area contributed by atoms with Gasteiger partial charge in [-0.15, -0.1) is 0 Å². The number of fused-ring (bicyclic) bond motifs is 6. The van der Waals surface area contributed by atoms with Gasteiger partial charge in [0.2, 0.25) is 0 Å². The van der Waals surface area contributed by atoms with E-state index in [4.69, 9.17) is 93.4 Å². The summed E-state index contributed by atoms with van der Waals surface area (Å²) in [5.74, 6) is -1.71. The minimum absolute atomic E-state index is 0. The Labute approximate surface area is 932 Å². The number of methoxy groups -OCH3 is 3. The topological polar surface area (TPSA) is 420 Å². The number of rotatable bonds is 16. The molecule has 9 rings (SSSR count). The molecule has 0 aromatic heterocycles. The van der Waals surface area contributed by atoms with Crippen LogP contribution >= 0.6 is 0 Å². The van der Waals surface area contributed by atoms with E-state index in [9.17, 15) is 43.2 Å². The summed E-state index contributed by atoms with van der Waals surface area (Å²) in [6, 6.07) is -1.53. The number of alkyl carbamates (subject to hydrolysis) is 3. The molecule has 35 nitrogen and oxygen atoms in total. The van der Waals surface area contributed by atoms with Crippen molar-refractivity contribution in [2.75, 3.05) is 90.3 Å². The second kappa shape index (κ2) is 65.9. The largest absolute Gasteiger partial charge is 1.00 e. The normalized spacial score (nSPS) is 40.6. The molecular weight excluding hydrogens is 2030 g/mol. The number of cyclic esters (lactones) is 3. The number of Topliss-reactive ketones (excluding diaryl/α,β-unsaturated/α-hetero) is 3. The van der Waals surface area contributed by atoms with Gasteiger partial charge in [0.15, 0.2) is 18.9 Å². The van der Waals surface area contributed by atoms with Gasteiger partial charge in [-0.05, 0) is 183 Å². The van der Waals surface area contributed by atoms with Crippen molar-refractivity contribution in [1.29, 1.82) is 5.26 Å². The number of hydrogen-bond acceptors (Lipinski definition) is 32. The second-order valence-electron chi connectivity index (χ2n) is 42.5. The van der Waals surface area contributed by atoms with Gasteiger partial charge < -0.3 is 134 Å². The number of hydrogen-bond donors (Lipinski definition) is 5. The van der Waals surface area contributed by atoms with Crippen LogP contribution < -0.4 is 56.6 Å².